The third-order valence-electron chi connectivity index (χ3n) is 3.08. The van der Waals surface area contributed by atoms with E-state index in [1.54, 1.807) is 13.1 Å². The van der Waals surface area contributed by atoms with Gasteiger partial charge in [0.05, 0.1) is 5.75 Å². The molecule has 1 atom stereocenters. The summed E-state index contributed by atoms with van der Waals surface area (Å²) in [5.41, 5.74) is 1.59. The lowest BCUT2D eigenvalue weighted by Crippen LogP contribution is -2.31. The van der Waals surface area contributed by atoms with Crippen molar-refractivity contribution in [3.63, 3.8) is 0 Å². The highest BCUT2D eigenvalue weighted by Crippen LogP contribution is 2.17. The van der Waals surface area contributed by atoms with E-state index >= 15 is 0 Å². The minimum atomic E-state index is -1.28. The minimum absolute atomic E-state index is 0.0172. The number of hydrogen-bond donors (Lipinski definition) is 0. The quantitative estimate of drug-likeness (QED) is 0.847. The topological polar surface area (TPSA) is 37.4 Å². The summed E-state index contributed by atoms with van der Waals surface area (Å²) in [5.74, 6) is 0.0941. The molecule has 0 saturated carbocycles. The zero-order chi connectivity index (χ0) is 15.2. The number of hydrogen-bond acceptors (Lipinski definition) is 2. The van der Waals surface area contributed by atoms with Crippen molar-refractivity contribution in [2.45, 2.75) is 5.75 Å². The second kappa shape index (κ2) is 7.38. The number of para-hydroxylation sites is 1. The van der Waals surface area contributed by atoms with Crippen molar-refractivity contribution in [3.8, 4) is 0 Å². The average molecular weight is 322 g/mol. The highest BCUT2D eigenvalue weighted by Gasteiger charge is 2.15. The summed E-state index contributed by atoms with van der Waals surface area (Å²) < 4.78 is 12.1. The molecular weight excluding hydrogens is 306 g/mol. The van der Waals surface area contributed by atoms with E-state index in [-0.39, 0.29) is 17.4 Å². The number of anilines is 1. The van der Waals surface area contributed by atoms with Gasteiger partial charge in [0.15, 0.2) is 0 Å². The van der Waals surface area contributed by atoms with E-state index in [1.165, 1.54) is 4.90 Å². The van der Waals surface area contributed by atoms with Crippen LogP contribution in [0.4, 0.5) is 5.69 Å². The standard InChI is InChI=1S/C16H16ClNO2S/c1-18(14-8-3-2-4-9-14)16(19)12-21(20)11-13-7-5-6-10-15(13)17/h2-10H,11-12H2,1H3/t21-/m1/s1. The molecule has 0 unspecified atom stereocenters. The molecule has 1 amide bonds. The Hall–Kier alpha value is -1.65. The van der Waals surface area contributed by atoms with Gasteiger partial charge in [-0.25, -0.2) is 0 Å². The highest BCUT2D eigenvalue weighted by atomic mass is 35.5. The Morgan fingerprint density at radius 2 is 1.71 bits per heavy atom. The van der Waals surface area contributed by atoms with Crippen LogP contribution in [-0.4, -0.2) is 22.9 Å². The summed E-state index contributed by atoms with van der Waals surface area (Å²) in [6.45, 7) is 0. The minimum Gasteiger partial charge on any atom is -0.315 e. The Morgan fingerprint density at radius 1 is 1.10 bits per heavy atom. The number of halogens is 1. The third-order valence-corrected chi connectivity index (χ3v) is 4.65. The molecule has 2 aromatic rings. The van der Waals surface area contributed by atoms with E-state index in [0.29, 0.717) is 5.02 Å². The number of amides is 1. The third kappa shape index (κ3) is 4.41. The molecule has 0 N–H and O–H groups in total. The lowest BCUT2D eigenvalue weighted by molar-refractivity contribution is -0.115. The Balaban J connectivity index is 1.97. The first-order valence-corrected chi connectivity index (χ1v) is 8.34. The van der Waals surface area contributed by atoms with Crippen LogP contribution in [0.2, 0.25) is 5.02 Å². The number of benzene rings is 2. The molecule has 0 bridgehead atoms. The fourth-order valence-electron chi connectivity index (χ4n) is 1.87. The maximum atomic E-state index is 12.1. The largest absolute Gasteiger partial charge is 0.315 e. The van der Waals surface area contributed by atoms with Gasteiger partial charge < -0.3 is 4.90 Å². The van der Waals surface area contributed by atoms with Crippen molar-refractivity contribution in [3.05, 3.63) is 65.2 Å². The van der Waals surface area contributed by atoms with Crippen LogP contribution in [0.15, 0.2) is 54.6 Å². The number of nitrogens with zero attached hydrogens (tertiary/aromatic N) is 1. The molecule has 110 valence electrons. The lowest BCUT2D eigenvalue weighted by Gasteiger charge is -2.17. The monoisotopic (exact) mass is 321 g/mol. The second-order valence-corrected chi connectivity index (χ2v) is 6.47. The van der Waals surface area contributed by atoms with Crippen molar-refractivity contribution in [1.29, 1.82) is 0 Å². The van der Waals surface area contributed by atoms with Crippen molar-refractivity contribution in [2.24, 2.45) is 0 Å². The van der Waals surface area contributed by atoms with E-state index in [1.807, 2.05) is 48.5 Å². The van der Waals surface area contributed by atoms with E-state index in [9.17, 15) is 9.00 Å². The Kier molecular flexibility index (Phi) is 5.53. The van der Waals surface area contributed by atoms with E-state index in [4.69, 9.17) is 11.6 Å². The first-order valence-electron chi connectivity index (χ1n) is 6.48. The smallest absolute Gasteiger partial charge is 0.239 e. The maximum Gasteiger partial charge on any atom is 0.239 e. The van der Waals surface area contributed by atoms with Gasteiger partial charge in [0.25, 0.3) is 0 Å². The normalized spacial score (nSPS) is 11.9. The molecule has 0 saturated heterocycles. The van der Waals surface area contributed by atoms with Gasteiger partial charge in [0.2, 0.25) is 5.91 Å². The van der Waals surface area contributed by atoms with Gasteiger partial charge in [0, 0.05) is 28.6 Å². The van der Waals surface area contributed by atoms with Crippen LogP contribution in [0.1, 0.15) is 5.56 Å². The van der Waals surface area contributed by atoms with Gasteiger partial charge in [-0.1, -0.05) is 48.0 Å². The van der Waals surface area contributed by atoms with Gasteiger partial charge in [0.1, 0.15) is 5.75 Å². The first-order chi connectivity index (χ1) is 10.1. The molecule has 0 fully saturated rings. The number of carbonyl (C=O) groups excluding carboxylic acids is 1. The van der Waals surface area contributed by atoms with Gasteiger partial charge in [-0.3, -0.25) is 9.00 Å². The van der Waals surface area contributed by atoms with Gasteiger partial charge in [-0.15, -0.1) is 0 Å². The Bertz CT molecular complexity index is 646. The molecule has 5 heteroatoms. The molecule has 21 heavy (non-hydrogen) atoms. The predicted octanol–water partition coefficient (Wildman–Crippen LogP) is 3.25. The predicted molar refractivity (Wildman–Crippen MR) is 88.0 cm³/mol. The van der Waals surface area contributed by atoms with Crippen LogP contribution >= 0.6 is 11.6 Å². The lowest BCUT2D eigenvalue weighted by atomic mass is 10.2. The summed E-state index contributed by atoms with van der Waals surface area (Å²) >= 11 is 6.03. The zero-order valence-electron chi connectivity index (χ0n) is 11.7. The van der Waals surface area contributed by atoms with Gasteiger partial charge >= 0.3 is 0 Å². The molecule has 0 aliphatic rings. The summed E-state index contributed by atoms with van der Waals surface area (Å²) in [6, 6.07) is 16.5. The molecule has 3 nitrogen and oxygen atoms in total. The van der Waals surface area contributed by atoms with Crippen molar-refractivity contribution in [2.75, 3.05) is 17.7 Å². The van der Waals surface area contributed by atoms with Crippen LogP contribution in [0.25, 0.3) is 0 Å². The molecule has 2 rings (SSSR count). The Morgan fingerprint density at radius 3 is 2.38 bits per heavy atom. The summed E-state index contributed by atoms with van der Waals surface area (Å²) in [6.07, 6.45) is 0. The fraction of sp³-hybridized carbons (Fsp3) is 0.188. The fourth-order valence-corrected chi connectivity index (χ4v) is 3.32. The second-order valence-electron chi connectivity index (χ2n) is 4.61. The summed E-state index contributed by atoms with van der Waals surface area (Å²) in [7, 11) is 0.404. The maximum absolute atomic E-state index is 12.1. The van der Waals surface area contributed by atoms with Crippen molar-refractivity contribution < 1.29 is 9.00 Å². The zero-order valence-corrected chi connectivity index (χ0v) is 13.2. The summed E-state index contributed by atoms with van der Waals surface area (Å²) in [5, 5.41) is 0.578. The van der Waals surface area contributed by atoms with Crippen molar-refractivity contribution >= 4 is 34.0 Å². The SMILES string of the molecule is CN(C(=O)C[S@](=O)Cc1ccccc1Cl)c1ccccc1. The molecular formula is C16H16ClNO2S. The van der Waals surface area contributed by atoms with Crippen LogP contribution in [-0.2, 0) is 21.3 Å². The molecule has 0 aromatic heterocycles. The molecule has 2 aromatic carbocycles. The molecule has 0 aliphatic heterocycles. The molecule has 0 radical (unpaired) electrons. The van der Waals surface area contributed by atoms with Crippen LogP contribution in [0.5, 0.6) is 0 Å². The number of carbonyl (C=O) groups is 1. The van der Waals surface area contributed by atoms with E-state index in [0.717, 1.165) is 11.3 Å². The average Bonchev–Trinajstić information content (AvgIpc) is 2.49. The molecule has 0 aliphatic carbocycles. The molecule has 0 spiro atoms. The van der Waals surface area contributed by atoms with Gasteiger partial charge in [-0.05, 0) is 23.8 Å². The summed E-state index contributed by atoms with van der Waals surface area (Å²) in [4.78, 5) is 13.6. The van der Waals surface area contributed by atoms with Crippen molar-refractivity contribution in [1.82, 2.24) is 0 Å². The first kappa shape index (κ1) is 15.7. The van der Waals surface area contributed by atoms with Crippen LogP contribution in [0, 0.1) is 0 Å². The Labute approximate surface area is 132 Å². The van der Waals surface area contributed by atoms with Crippen LogP contribution < -0.4 is 4.90 Å². The van der Waals surface area contributed by atoms with E-state index in [2.05, 4.69) is 0 Å². The highest BCUT2D eigenvalue weighted by molar-refractivity contribution is 7.85. The van der Waals surface area contributed by atoms with E-state index < -0.39 is 10.8 Å². The molecule has 0 heterocycles. The van der Waals surface area contributed by atoms with Crippen LogP contribution in [0.3, 0.4) is 0 Å². The van der Waals surface area contributed by atoms with Gasteiger partial charge in [-0.2, -0.15) is 0 Å². The number of rotatable bonds is 5.